The average Bonchev–Trinajstić information content (AvgIpc) is 2.81. The third-order valence-electron chi connectivity index (χ3n) is 6.35. The van der Waals surface area contributed by atoms with Gasteiger partial charge in [0.2, 0.25) is 0 Å². The first kappa shape index (κ1) is 27.3. The fourth-order valence-electron chi connectivity index (χ4n) is 4.45. The Bertz CT molecular complexity index is 947. The van der Waals surface area contributed by atoms with Crippen molar-refractivity contribution in [2.75, 3.05) is 13.2 Å². The van der Waals surface area contributed by atoms with E-state index in [0.717, 1.165) is 5.56 Å². The minimum Gasteiger partial charge on any atom is -0.425 e. The lowest BCUT2D eigenvalue weighted by molar-refractivity contribution is -0.353. The van der Waals surface area contributed by atoms with Gasteiger partial charge in [-0.1, -0.05) is 68.2 Å². The minimum absolute atomic E-state index is 0.172. The molecule has 1 heterocycles. The second-order valence-corrected chi connectivity index (χ2v) is 15.1. The van der Waals surface area contributed by atoms with E-state index < -0.39 is 50.2 Å². The Balaban J connectivity index is 2.06. The number of carbonyl (C=O) groups excluding carboxylic acids is 1. The highest BCUT2D eigenvalue weighted by Crippen LogP contribution is 2.47. The lowest BCUT2D eigenvalue weighted by Crippen LogP contribution is -2.80. The topological polar surface area (TPSA) is 104 Å². The van der Waals surface area contributed by atoms with Gasteiger partial charge in [0.15, 0.2) is 12.4 Å². The number of aliphatic hydroxyl groups is 2. The van der Waals surface area contributed by atoms with Crippen LogP contribution in [0.3, 0.4) is 0 Å². The van der Waals surface area contributed by atoms with E-state index in [1.165, 1.54) is 6.92 Å². The first-order chi connectivity index (χ1) is 16.6. The van der Waals surface area contributed by atoms with E-state index in [-0.39, 0.29) is 13.2 Å². The zero-order chi connectivity index (χ0) is 25.7. The van der Waals surface area contributed by atoms with Crippen LogP contribution in [-0.4, -0.2) is 67.0 Å². The van der Waals surface area contributed by atoms with Crippen molar-refractivity contribution in [1.82, 2.24) is 0 Å². The number of benzene rings is 2. The van der Waals surface area contributed by atoms with E-state index in [1.54, 1.807) is 30.3 Å². The van der Waals surface area contributed by atoms with E-state index in [9.17, 15) is 15.0 Å². The van der Waals surface area contributed by atoms with Gasteiger partial charge in [0.05, 0.1) is 21.3 Å². The molecule has 0 aromatic heterocycles. The van der Waals surface area contributed by atoms with E-state index in [1.807, 2.05) is 56.9 Å². The van der Waals surface area contributed by atoms with Crippen molar-refractivity contribution in [3.63, 3.8) is 0 Å². The van der Waals surface area contributed by atoms with Crippen LogP contribution in [0.2, 0.25) is 19.6 Å². The summed E-state index contributed by atoms with van der Waals surface area (Å²) in [5.41, 5.74) is -0.912. The second-order valence-electron chi connectivity index (χ2n) is 9.80. The molecule has 3 rings (SSSR count). The fourth-order valence-corrected chi connectivity index (χ4v) is 6.95. The highest BCUT2D eigenvalue weighted by atomic mass is 28.3. The number of hydrogen-bond donors (Lipinski definition) is 2. The number of para-hydroxylation sites is 1. The first-order valence-electron chi connectivity index (χ1n) is 11.8. The molecule has 0 aliphatic carbocycles. The normalized spacial score (nSPS) is 28.9. The molecule has 2 aromatic carbocycles. The molecular formula is C26H36O8Si. The SMILES string of the molecule is CCO[C@H]1O[C@H](CO)[C@@](C)(O)[C@H](OC(=O)Oc2ccccc2)[C@]1(OCc1ccccc1)[Si](C)(C)C. The number of aliphatic hydroxyl groups excluding tert-OH is 1. The summed E-state index contributed by atoms with van der Waals surface area (Å²) in [6, 6.07) is 18.1. The Morgan fingerprint density at radius 3 is 2.20 bits per heavy atom. The number of hydrogen-bond acceptors (Lipinski definition) is 8. The van der Waals surface area contributed by atoms with Crippen LogP contribution in [0.15, 0.2) is 60.7 Å². The summed E-state index contributed by atoms with van der Waals surface area (Å²) in [7, 11) is -2.56. The maximum absolute atomic E-state index is 13.0. The Labute approximate surface area is 207 Å². The minimum atomic E-state index is -2.56. The highest BCUT2D eigenvalue weighted by molar-refractivity contribution is 6.79. The fraction of sp³-hybridized carbons (Fsp3) is 0.500. The van der Waals surface area contributed by atoms with Crippen LogP contribution in [0.5, 0.6) is 5.75 Å². The molecule has 1 aliphatic heterocycles. The molecule has 192 valence electrons. The number of rotatable bonds is 9. The lowest BCUT2D eigenvalue weighted by Gasteiger charge is -2.59. The summed E-state index contributed by atoms with van der Waals surface area (Å²) >= 11 is 0. The van der Waals surface area contributed by atoms with Crippen molar-refractivity contribution in [1.29, 1.82) is 0 Å². The predicted molar refractivity (Wildman–Crippen MR) is 133 cm³/mol. The molecule has 0 saturated carbocycles. The Morgan fingerprint density at radius 1 is 1.06 bits per heavy atom. The van der Waals surface area contributed by atoms with Crippen molar-refractivity contribution >= 4 is 14.2 Å². The van der Waals surface area contributed by atoms with Gasteiger partial charge in [0.25, 0.3) is 0 Å². The van der Waals surface area contributed by atoms with Crippen LogP contribution < -0.4 is 4.74 Å². The Kier molecular flexibility index (Phi) is 8.74. The zero-order valence-electron chi connectivity index (χ0n) is 21.0. The Hall–Kier alpha value is -2.27. The quantitative estimate of drug-likeness (QED) is 0.301. The van der Waals surface area contributed by atoms with Crippen LogP contribution in [-0.2, 0) is 25.6 Å². The largest absolute Gasteiger partial charge is 0.514 e. The van der Waals surface area contributed by atoms with Crippen molar-refractivity contribution < 1.29 is 38.7 Å². The molecule has 1 fully saturated rings. The van der Waals surface area contributed by atoms with Crippen molar-refractivity contribution in [3.8, 4) is 5.75 Å². The molecule has 1 saturated heterocycles. The molecule has 0 amide bonds. The van der Waals surface area contributed by atoms with Gasteiger partial charge in [-0.2, -0.15) is 0 Å². The summed E-state index contributed by atoms with van der Waals surface area (Å²) in [6.07, 6.45) is -4.35. The van der Waals surface area contributed by atoms with Crippen LogP contribution in [0, 0.1) is 0 Å². The van der Waals surface area contributed by atoms with Gasteiger partial charge in [0, 0.05) is 6.61 Å². The third-order valence-corrected chi connectivity index (χ3v) is 9.33. The maximum Gasteiger partial charge on any atom is 0.514 e. The molecule has 0 spiro atoms. The van der Waals surface area contributed by atoms with E-state index >= 15 is 0 Å². The van der Waals surface area contributed by atoms with E-state index in [0.29, 0.717) is 5.75 Å². The van der Waals surface area contributed by atoms with Gasteiger partial charge in [-0.25, -0.2) is 4.79 Å². The molecule has 8 nitrogen and oxygen atoms in total. The van der Waals surface area contributed by atoms with Crippen molar-refractivity contribution in [3.05, 3.63) is 66.2 Å². The monoisotopic (exact) mass is 504 g/mol. The van der Waals surface area contributed by atoms with Crippen LogP contribution >= 0.6 is 0 Å². The molecule has 9 heteroatoms. The highest BCUT2D eigenvalue weighted by Gasteiger charge is 2.69. The van der Waals surface area contributed by atoms with Gasteiger partial charge < -0.3 is 33.9 Å². The number of carbonyl (C=O) groups is 1. The third kappa shape index (κ3) is 5.77. The molecule has 5 atom stereocenters. The average molecular weight is 505 g/mol. The Morgan fingerprint density at radius 2 is 1.66 bits per heavy atom. The van der Waals surface area contributed by atoms with Crippen LogP contribution in [0.4, 0.5) is 4.79 Å². The van der Waals surface area contributed by atoms with Crippen molar-refractivity contribution in [2.24, 2.45) is 0 Å². The second kappa shape index (κ2) is 11.2. The first-order valence-corrected chi connectivity index (χ1v) is 15.3. The molecule has 2 aromatic rings. The number of ether oxygens (including phenoxy) is 5. The summed E-state index contributed by atoms with van der Waals surface area (Å²) in [4.78, 5) is 13.0. The van der Waals surface area contributed by atoms with E-state index in [2.05, 4.69) is 0 Å². The summed E-state index contributed by atoms with van der Waals surface area (Å²) in [5.74, 6) is 0.299. The van der Waals surface area contributed by atoms with Gasteiger partial charge in [0.1, 0.15) is 22.7 Å². The molecule has 2 N–H and O–H groups in total. The molecule has 1 aliphatic rings. The summed E-state index contributed by atoms with van der Waals surface area (Å²) in [6.45, 7) is 9.32. The summed E-state index contributed by atoms with van der Waals surface area (Å²) in [5, 5.41) is 20.4. The van der Waals surface area contributed by atoms with Crippen molar-refractivity contribution in [2.45, 2.75) is 69.4 Å². The molecule has 35 heavy (non-hydrogen) atoms. The lowest BCUT2D eigenvalue weighted by atomic mass is 9.85. The van der Waals surface area contributed by atoms with Crippen LogP contribution in [0.1, 0.15) is 19.4 Å². The standard InChI is InChI=1S/C26H36O8Si/c1-6-30-23-26(35(3,4)5,31-18-19-13-9-7-10-14-19)22(25(2,29)21(17-27)33-23)34-24(28)32-20-15-11-8-12-16-20/h7-16,21-23,27,29H,6,17-18H2,1-5H3/t21-,22+,23+,25-,26+/m1/s1. The van der Waals surface area contributed by atoms with E-state index in [4.69, 9.17) is 23.7 Å². The van der Waals surface area contributed by atoms with Gasteiger partial charge >= 0.3 is 6.16 Å². The molecule has 0 unspecified atom stereocenters. The molecule has 0 radical (unpaired) electrons. The van der Waals surface area contributed by atoms with Gasteiger partial charge in [-0.05, 0) is 31.5 Å². The smallest absolute Gasteiger partial charge is 0.425 e. The zero-order valence-corrected chi connectivity index (χ0v) is 22.0. The molecular weight excluding hydrogens is 468 g/mol. The maximum atomic E-state index is 13.0. The van der Waals surface area contributed by atoms with Crippen LogP contribution in [0.25, 0.3) is 0 Å². The summed E-state index contributed by atoms with van der Waals surface area (Å²) < 4.78 is 30.0. The van der Waals surface area contributed by atoms with Gasteiger partial charge in [-0.3, -0.25) is 0 Å². The molecule has 0 bridgehead atoms. The van der Waals surface area contributed by atoms with Gasteiger partial charge in [-0.15, -0.1) is 0 Å². The predicted octanol–water partition coefficient (Wildman–Crippen LogP) is 3.91.